The van der Waals surface area contributed by atoms with E-state index >= 15 is 0 Å². The van der Waals surface area contributed by atoms with Crippen LogP contribution in [0.4, 0.5) is 0 Å². The molecule has 2 amide bonds. The average Bonchev–Trinajstić information content (AvgIpc) is 3.44. The van der Waals surface area contributed by atoms with E-state index in [0.717, 1.165) is 27.7 Å². The molecule has 4 heterocycles. The molecule has 0 radical (unpaired) electrons. The van der Waals surface area contributed by atoms with E-state index in [9.17, 15) is 9.59 Å². The highest BCUT2D eigenvalue weighted by Crippen LogP contribution is 2.42. The maximum absolute atomic E-state index is 13.6. The number of carbonyl (C=O) groups is 2. The number of rotatable bonds is 3. The molecule has 2 aliphatic heterocycles. The molecular weight excluding hydrogens is 390 g/mol. The Balaban J connectivity index is 1.48. The summed E-state index contributed by atoms with van der Waals surface area (Å²) in [5.74, 6) is 0.597. The van der Waals surface area contributed by atoms with Gasteiger partial charge in [0.05, 0.1) is 18.8 Å². The molecular formula is C25H21N3O3. The van der Waals surface area contributed by atoms with Gasteiger partial charge in [-0.2, -0.15) is 0 Å². The minimum Gasteiger partial charge on any atom is -0.467 e. The number of nitrogens with one attached hydrogen (secondary N) is 1. The summed E-state index contributed by atoms with van der Waals surface area (Å²) in [6.45, 7) is 0.355. The van der Waals surface area contributed by atoms with Crippen LogP contribution in [0.5, 0.6) is 0 Å². The predicted octanol–water partition coefficient (Wildman–Crippen LogP) is 3.65. The first kappa shape index (κ1) is 18.0. The van der Waals surface area contributed by atoms with Crippen molar-refractivity contribution in [3.8, 4) is 0 Å². The molecule has 0 spiro atoms. The number of para-hydroxylation sites is 1. The minimum atomic E-state index is -0.534. The number of nitrogens with zero attached hydrogens (tertiary/aromatic N) is 2. The van der Waals surface area contributed by atoms with Gasteiger partial charge in [0.1, 0.15) is 18.3 Å². The topological polar surface area (TPSA) is 69.6 Å². The zero-order chi connectivity index (χ0) is 20.9. The van der Waals surface area contributed by atoms with Crippen molar-refractivity contribution in [1.29, 1.82) is 0 Å². The lowest BCUT2D eigenvalue weighted by atomic mass is 9.86. The third kappa shape index (κ3) is 2.79. The molecule has 4 aromatic rings. The lowest BCUT2D eigenvalue weighted by Gasteiger charge is -2.47. The molecule has 6 nitrogen and oxygen atoms in total. The van der Waals surface area contributed by atoms with Gasteiger partial charge in [-0.3, -0.25) is 9.59 Å². The van der Waals surface area contributed by atoms with E-state index < -0.39 is 6.04 Å². The Bertz CT molecular complexity index is 1280. The first-order valence-electron chi connectivity index (χ1n) is 10.5. The van der Waals surface area contributed by atoms with Gasteiger partial charge in [-0.15, -0.1) is 0 Å². The zero-order valence-corrected chi connectivity index (χ0v) is 16.8. The molecule has 2 aliphatic rings. The average molecular weight is 411 g/mol. The predicted molar refractivity (Wildman–Crippen MR) is 115 cm³/mol. The summed E-state index contributed by atoms with van der Waals surface area (Å²) in [7, 11) is 0. The van der Waals surface area contributed by atoms with Crippen LogP contribution in [0.25, 0.3) is 10.9 Å². The summed E-state index contributed by atoms with van der Waals surface area (Å²) in [4.78, 5) is 33.9. The van der Waals surface area contributed by atoms with E-state index in [0.29, 0.717) is 18.7 Å². The minimum absolute atomic E-state index is 0.0344. The van der Waals surface area contributed by atoms with Crippen molar-refractivity contribution in [1.82, 2.24) is 14.8 Å². The van der Waals surface area contributed by atoms with E-state index in [1.165, 1.54) is 0 Å². The monoisotopic (exact) mass is 411 g/mol. The van der Waals surface area contributed by atoms with Gasteiger partial charge < -0.3 is 19.2 Å². The molecule has 0 aliphatic carbocycles. The Morgan fingerprint density at radius 1 is 0.968 bits per heavy atom. The van der Waals surface area contributed by atoms with Crippen LogP contribution >= 0.6 is 0 Å². The van der Waals surface area contributed by atoms with Crippen molar-refractivity contribution in [3.05, 3.63) is 95.6 Å². The first-order valence-corrected chi connectivity index (χ1v) is 10.5. The van der Waals surface area contributed by atoms with Crippen LogP contribution in [0.15, 0.2) is 77.4 Å². The van der Waals surface area contributed by atoms with Crippen LogP contribution in [0.3, 0.4) is 0 Å². The largest absolute Gasteiger partial charge is 0.467 e. The molecule has 1 saturated heterocycles. The number of amides is 2. The van der Waals surface area contributed by atoms with Crippen LogP contribution in [-0.4, -0.2) is 39.2 Å². The SMILES string of the molecule is O=C1[C@@H]2Cc3c([nH]c4ccccc34)C(c3ccccc3)N2C(=O)CN1Cc1ccco1. The molecule has 1 fully saturated rings. The number of H-pyrrole nitrogens is 1. The molecule has 6 heteroatoms. The molecule has 0 saturated carbocycles. The zero-order valence-electron chi connectivity index (χ0n) is 16.8. The third-order valence-electron chi connectivity index (χ3n) is 6.38. The number of hydrogen-bond acceptors (Lipinski definition) is 3. The van der Waals surface area contributed by atoms with Gasteiger partial charge in [-0.25, -0.2) is 0 Å². The normalized spacial score (nSPS) is 20.8. The molecule has 154 valence electrons. The molecule has 2 atom stereocenters. The second-order valence-corrected chi connectivity index (χ2v) is 8.17. The van der Waals surface area contributed by atoms with E-state index in [-0.39, 0.29) is 24.4 Å². The highest BCUT2D eigenvalue weighted by atomic mass is 16.3. The van der Waals surface area contributed by atoms with Crippen LogP contribution in [-0.2, 0) is 22.6 Å². The molecule has 31 heavy (non-hydrogen) atoms. The van der Waals surface area contributed by atoms with Crippen molar-refractivity contribution >= 4 is 22.7 Å². The number of hydrogen-bond donors (Lipinski definition) is 1. The summed E-state index contributed by atoms with van der Waals surface area (Å²) in [6.07, 6.45) is 2.09. The van der Waals surface area contributed by atoms with Gasteiger partial charge in [0, 0.05) is 23.0 Å². The highest BCUT2D eigenvalue weighted by Gasteiger charge is 2.48. The van der Waals surface area contributed by atoms with Gasteiger partial charge in [-0.1, -0.05) is 48.5 Å². The van der Waals surface area contributed by atoms with Crippen LogP contribution < -0.4 is 0 Å². The van der Waals surface area contributed by atoms with Gasteiger partial charge >= 0.3 is 0 Å². The van der Waals surface area contributed by atoms with Crippen molar-refractivity contribution in [2.75, 3.05) is 6.54 Å². The summed E-state index contributed by atoms with van der Waals surface area (Å²) < 4.78 is 5.42. The number of aromatic nitrogens is 1. The lowest BCUT2D eigenvalue weighted by Crippen LogP contribution is -2.62. The molecule has 2 aromatic heterocycles. The summed E-state index contributed by atoms with van der Waals surface area (Å²) in [5, 5.41) is 1.11. The van der Waals surface area contributed by atoms with Gasteiger partial charge in [0.25, 0.3) is 0 Å². The van der Waals surface area contributed by atoms with Gasteiger partial charge in [-0.05, 0) is 29.3 Å². The quantitative estimate of drug-likeness (QED) is 0.560. The number of benzene rings is 2. The summed E-state index contributed by atoms with van der Waals surface area (Å²) >= 11 is 0. The van der Waals surface area contributed by atoms with Crippen molar-refractivity contribution in [2.24, 2.45) is 0 Å². The van der Waals surface area contributed by atoms with Crippen LogP contribution in [0, 0.1) is 0 Å². The third-order valence-corrected chi connectivity index (χ3v) is 6.38. The number of carbonyl (C=O) groups excluding carboxylic acids is 2. The van der Waals surface area contributed by atoms with Crippen LogP contribution in [0.2, 0.25) is 0 Å². The fourth-order valence-electron chi connectivity index (χ4n) is 5.03. The van der Waals surface area contributed by atoms with E-state index in [1.54, 1.807) is 22.1 Å². The standard InChI is InChI=1S/C25H21N3O3/c29-22-15-27(14-17-9-6-12-31-17)25(30)21-13-19-18-10-4-5-11-20(18)26-23(19)24(28(21)22)16-7-2-1-3-8-16/h1-12,21,24,26H,13-15H2/t21-,24?/m0/s1. The Morgan fingerprint density at radius 3 is 2.58 bits per heavy atom. The van der Waals surface area contributed by atoms with Crippen LogP contribution in [0.1, 0.15) is 28.6 Å². The second-order valence-electron chi connectivity index (χ2n) is 8.17. The van der Waals surface area contributed by atoms with Gasteiger partial charge in [0.2, 0.25) is 11.8 Å². The van der Waals surface area contributed by atoms with E-state index in [2.05, 4.69) is 11.1 Å². The molecule has 6 rings (SSSR count). The molecule has 0 bridgehead atoms. The Labute approximate surface area is 179 Å². The number of piperazine rings is 1. The van der Waals surface area contributed by atoms with E-state index in [4.69, 9.17) is 4.42 Å². The molecule has 2 aromatic carbocycles. The second kappa shape index (κ2) is 6.87. The summed E-state index contributed by atoms with van der Waals surface area (Å²) in [6, 6.07) is 20.9. The Hall–Kier alpha value is -3.80. The van der Waals surface area contributed by atoms with Gasteiger partial charge in [0.15, 0.2) is 0 Å². The Morgan fingerprint density at radius 2 is 1.77 bits per heavy atom. The highest BCUT2D eigenvalue weighted by molar-refractivity contribution is 5.97. The molecule has 1 N–H and O–H groups in total. The number of fused-ring (bicyclic) bond motifs is 4. The first-order chi connectivity index (χ1) is 15.2. The fourth-order valence-corrected chi connectivity index (χ4v) is 5.03. The molecule has 1 unspecified atom stereocenters. The lowest BCUT2D eigenvalue weighted by molar-refractivity contribution is -0.159. The number of furan rings is 1. The fraction of sp³-hybridized carbons (Fsp3) is 0.200. The van der Waals surface area contributed by atoms with Crippen molar-refractivity contribution in [3.63, 3.8) is 0 Å². The maximum Gasteiger partial charge on any atom is 0.246 e. The smallest absolute Gasteiger partial charge is 0.246 e. The summed E-state index contributed by atoms with van der Waals surface area (Å²) in [5.41, 5.74) is 4.15. The maximum atomic E-state index is 13.6. The Kier molecular flexibility index (Phi) is 3.99. The number of aromatic amines is 1. The van der Waals surface area contributed by atoms with Crippen molar-refractivity contribution in [2.45, 2.75) is 25.0 Å². The van der Waals surface area contributed by atoms with Crippen molar-refractivity contribution < 1.29 is 14.0 Å². The van der Waals surface area contributed by atoms with E-state index in [1.807, 2.05) is 54.6 Å².